The second-order valence-corrected chi connectivity index (χ2v) is 4.91. The first kappa shape index (κ1) is 14.6. The highest BCUT2D eigenvalue weighted by molar-refractivity contribution is 5.95. The van der Waals surface area contributed by atoms with Gasteiger partial charge in [0.1, 0.15) is 0 Å². The first-order chi connectivity index (χ1) is 9.41. The maximum absolute atomic E-state index is 13.6. The third-order valence-corrected chi connectivity index (χ3v) is 3.51. The lowest BCUT2D eigenvalue weighted by Gasteiger charge is -2.29. The van der Waals surface area contributed by atoms with Crippen LogP contribution in [0.3, 0.4) is 0 Å². The van der Waals surface area contributed by atoms with Gasteiger partial charge in [-0.15, -0.1) is 0 Å². The molecule has 1 saturated carbocycles. The minimum Gasteiger partial charge on any atom is -0.503 e. The van der Waals surface area contributed by atoms with Gasteiger partial charge in [0.25, 0.3) is 5.91 Å². The summed E-state index contributed by atoms with van der Waals surface area (Å²) in [5.41, 5.74) is 5.10. The molecular weight excluding hydrogens is 273 g/mol. The van der Waals surface area contributed by atoms with Crippen LogP contribution in [0.2, 0.25) is 0 Å². The summed E-state index contributed by atoms with van der Waals surface area (Å²) >= 11 is 0. The lowest BCUT2D eigenvalue weighted by atomic mass is 9.91. The molecule has 2 atom stereocenters. The highest BCUT2D eigenvalue weighted by Crippen LogP contribution is 2.26. The Morgan fingerprint density at radius 1 is 1.25 bits per heavy atom. The largest absolute Gasteiger partial charge is 0.503 e. The first-order valence-electron chi connectivity index (χ1n) is 6.34. The van der Waals surface area contributed by atoms with E-state index in [9.17, 15) is 18.0 Å². The zero-order chi connectivity index (χ0) is 14.9. The summed E-state index contributed by atoms with van der Waals surface area (Å²) in [4.78, 5) is 11.9. The molecule has 1 aromatic carbocycles. The van der Waals surface area contributed by atoms with Gasteiger partial charge in [-0.3, -0.25) is 4.79 Å². The quantitative estimate of drug-likeness (QED) is 0.726. The number of aromatic hydroxyl groups is 1. The predicted octanol–water partition coefficient (Wildman–Crippen LogP) is 1.81. The van der Waals surface area contributed by atoms with Crippen LogP contribution in [0.4, 0.5) is 13.2 Å². The Balaban J connectivity index is 2.21. The summed E-state index contributed by atoms with van der Waals surface area (Å²) in [5, 5.41) is 11.6. The Morgan fingerprint density at radius 2 is 1.90 bits per heavy atom. The van der Waals surface area contributed by atoms with E-state index in [1.165, 1.54) is 0 Å². The maximum atomic E-state index is 13.6. The molecule has 0 radical (unpaired) electrons. The molecule has 20 heavy (non-hydrogen) atoms. The normalized spacial score (nSPS) is 22.6. The number of carbonyl (C=O) groups is 1. The second-order valence-electron chi connectivity index (χ2n) is 4.91. The molecule has 110 valence electrons. The smallest absolute Gasteiger partial charge is 0.254 e. The number of benzene rings is 1. The molecule has 1 amide bonds. The second kappa shape index (κ2) is 5.70. The Morgan fingerprint density at radius 3 is 2.55 bits per heavy atom. The van der Waals surface area contributed by atoms with Gasteiger partial charge in [-0.05, 0) is 18.9 Å². The number of hydrogen-bond acceptors (Lipinski definition) is 3. The van der Waals surface area contributed by atoms with Crippen LogP contribution in [0.5, 0.6) is 5.75 Å². The highest BCUT2D eigenvalue weighted by atomic mass is 19.2. The van der Waals surface area contributed by atoms with Gasteiger partial charge in [-0.25, -0.2) is 8.78 Å². The Kier molecular flexibility index (Phi) is 4.17. The first-order valence-corrected chi connectivity index (χ1v) is 6.34. The average Bonchev–Trinajstić information content (AvgIpc) is 2.43. The topological polar surface area (TPSA) is 75.3 Å². The van der Waals surface area contributed by atoms with E-state index in [1.54, 1.807) is 0 Å². The maximum Gasteiger partial charge on any atom is 0.254 e. The Bertz CT molecular complexity index is 537. The van der Waals surface area contributed by atoms with Crippen molar-refractivity contribution in [2.75, 3.05) is 0 Å². The van der Waals surface area contributed by atoms with E-state index in [1.807, 2.05) is 0 Å². The number of phenols is 1. The molecule has 0 aromatic heterocycles. The van der Waals surface area contributed by atoms with Gasteiger partial charge in [-0.1, -0.05) is 12.8 Å². The molecule has 4 nitrogen and oxygen atoms in total. The molecule has 0 bridgehead atoms. The monoisotopic (exact) mass is 288 g/mol. The molecule has 1 aromatic rings. The number of carbonyl (C=O) groups excluding carboxylic acids is 1. The van der Waals surface area contributed by atoms with Crippen LogP contribution in [-0.4, -0.2) is 23.1 Å². The molecule has 0 unspecified atom stereocenters. The molecule has 0 aliphatic heterocycles. The summed E-state index contributed by atoms with van der Waals surface area (Å²) in [6.07, 6.45) is 3.21. The molecule has 0 heterocycles. The van der Waals surface area contributed by atoms with Crippen molar-refractivity contribution >= 4 is 5.91 Å². The SMILES string of the molecule is N[C@@H]1CCCC[C@H]1NC(=O)c1cc(F)c(F)c(O)c1F. The van der Waals surface area contributed by atoms with Gasteiger partial charge < -0.3 is 16.2 Å². The standard InChI is InChI=1S/C13H15F3N2O2/c14-7-5-6(10(15)12(19)11(7)16)13(20)18-9-4-2-1-3-8(9)17/h5,8-9,19H,1-4,17H2,(H,18,20)/t8-,9-/m1/s1. The molecule has 0 saturated heterocycles. The van der Waals surface area contributed by atoms with Gasteiger partial charge >= 0.3 is 0 Å². The minimum atomic E-state index is -1.71. The zero-order valence-corrected chi connectivity index (χ0v) is 10.6. The molecule has 7 heteroatoms. The van der Waals surface area contributed by atoms with Crippen LogP contribution in [0.25, 0.3) is 0 Å². The average molecular weight is 288 g/mol. The van der Waals surface area contributed by atoms with Crippen molar-refractivity contribution in [3.63, 3.8) is 0 Å². The van der Waals surface area contributed by atoms with E-state index in [4.69, 9.17) is 10.8 Å². The van der Waals surface area contributed by atoms with Crippen LogP contribution in [0.15, 0.2) is 6.07 Å². The number of nitrogens with two attached hydrogens (primary N) is 1. The van der Waals surface area contributed by atoms with E-state index < -0.39 is 34.7 Å². The molecular formula is C13H15F3N2O2. The van der Waals surface area contributed by atoms with Gasteiger partial charge in [0.2, 0.25) is 5.82 Å². The number of rotatable bonds is 2. The number of phenolic OH excluding ortho intramolecular Hbond substituents is 1. The molecule has 2 rings (SSSR count). The predicted molar refractivity (Wildman–Crippen MR) is 65.7 cm³/mol. The van der Waals surface area contributed by atoms with Crippen molar-refractivity contribution in [3.05, 3.63) is 29.1 Å². The van der Waals surface area contributed by atoms with Gasteiger partial charge in [0, 0.05) is 12.1 Å². The summed E-state index contributed by atoms with van der Waals surface area (Å²) in [7, 11) is 0. The van der Waals surface area contributed by atoms with Crippen LogP contribution in [0, 0.1) is 17.5 Å². The molecule has 1 fully saturated rings. The van der Waals surface area contributed by atoms with E-state index in [0.29, 0.717) is 12.5 Å². The van der Waals surface area contributed by atoms with Crippen LogP contribution >= 0.6 is 0 Å². The van der Waals surface area contributed by atoms with Crippen LogP contribution in [-0.2, 0) is 0 Å². The van der Waals surface area contributed by atoms with Crippen LogP contribution < -0.4 is 11.1 Å². The highest BCUT2D eigenvalue weighted by Gasteiger charge is 2.27. The fourth-order valence-corrected chi connectivity index (χ4v) is 2.34. The van der Waals surface area contributed by atoms with Crippen molar-refractivity contribution in [2.45, 2.75) is 37.8 Å². The molecule has 1 aliphatic rings. The minimum absolute atomic E-state index is 0.255. The fraction of sp³-hybridized carbons (Fsp3) is 0.462. The Hall–Kier alpha value is -1.76. The van der Waals surface area contributed by atoms with Crippen molar-refractivity contribution in [3.8, 4) is 5.75 Å². The third-order valence-electron chi connectivity index (χ3n) is 3.51. The molecule has 1 aliphatic carbocycles. The van der Waals surface area contributed by atoms with Gasteiger partial charge in [0.05, 0.1) is 5.56 Å². The number of hydrogen-bond donors (Lipinski definition) is 3. The number of halogens is 3. The van der Waals surface area contributed by atoms with E-state index in [-0.39, 0.29) is 12.1 Å². The van der Waals surface area contributed by atoms with Crippen molar-refractivity contribution < 1.29 is 23.1 Å². The van der Waals surface area contributed by atoms with E-state index >= 15 is 0 Å². The lowest BCUT2D eigenvalue weighted by molar-refractivity contribution is 0.0915. The summed E-state index contributed by atoms with van der Waals surface area (Å²) < 4.78 is 39.7. The van der Waals surface area contributed by atoms with Crippen molar-refractivity contribution in [1.29, 1.82) is 0 Å². The van der Waals surface area contributed by atoms with E-state index in [0.717, 1.165) is 19.3 Å². The molecule has 0 spiro atoms. The van der Waals surface area contributed by atoms with Gasteiger partial charge in [0.15, 0.2) is 17.4 Å². The Labute approximate surface area is 113 Å². The van der Waals surface area contributed by atoms with Crippen molar-refractivity contribution in [2.24, 2.45) is 5.73 Å². The summed E-state index contributed by atoms with van der Waals surface area (Å²) in [6, 6.07) is -0.172. The number of nitrogens with one attached hydrogen (secondary N) is 1. The zero-order valence-electron chi connectivity index (χ0n) is 10.6. The van der Waals surface area contributed by atoms with Gasteiger partial charge in [-0.2, -0.15) is 4.39 Å². The van der Waals surface area contributed by atoms with Crippen LogP contribution in [0.1, 0.15) is 36.0 Å². The third kappa shape index (κ3) is 2.72. The lowest BCUT2D eigenvalue weighted by Crippen LogP contribution is -2.49. The summed E-state index contributed by atoms with van der Waals surface area (Å²) in [6.45, 7) is 0. The summed E-state index contributed by atoms with van der Waals surface area (Å²) in [5.74, 6) is -7.09. The molecule has 4 N–H and O–H groups in total. The fourth-order valence-electron chi connectivity index (χ4n) is 2.34. The van der Waals surface area contributed by atoms with E-state index in [2.05, 4.69) is 5.32 Å². The van der Waals surface area contributed by atoms with Crippen molar-refractivity contribution in [1.82, 2.24) is 5.32 Å². The number of amides is 1.